The van der Waals surface area contributed by atoms with Gasteiger partial charge in [-0.1, -0.05) is 54.5 Å². The van der Waals surface area contributed by atoms with Crippen molar-refractivity contribution in [2.45, 2.75) is 107 Å². The van der Waals surface area contributed by atoms with E-state index in [1.165, 1.54) is 32.1 Å². The summed E-state index contributed by atoms with van der Waals surface area (Å²) in [6.45, 7) is 25.0. The van der Waals surface area contributed by atoms with Crippen molar-refractivity contribution in [3.05, 3.63) is 12.7 Å². The second-order valence-electron chi connectivity index (χ2n) is 14.3. The molecule has 0 aromatic rings. The SMILES string of the molecule is C=CC1CCC2(C(=O)NCC)CCC3(C)C(CCC4C(C)(C)C(C(C)(C)C)CCC43C)C12. The van der Waals surface area contributed by atoms with Crippen LogP contribution in [-0.4, -0.2) is 12.5 Å². The molecule has 0 saturated heterocycles. The smallest absolute Gasteiger partial charge is 0.226 e. The first-order chi connectivity index (χ1) is 14.8. The van der Waals surface area contributed by atoms with Gasteiger partial charge in [-0.2, -0.15) is 0 Å². The summed E-state index contributed by atoms with van der Waals surface area (Å²) in [6, 6.07) is 0. The molecule has 0 bridgehead atoms. The average Bonchev–Trinajstić information content (AvgIpc) is 3.07. The summed E-state index contributed by atoms with van der Waals surface area (Å²) in [7, 11) is 0. The van der Waals surface area contributed by atoms with Crippen molar-refractivity contribution in [3.8, 4) is 0 Å². The van der Waals surface area contributed by atoms with E-state index in [4.69, 9.17) is 0 Å². The maximum absolute atomic E-state index is 13.5. The van der Waals surface area contributed by atoms with Gasteiger partial charge in [-0.15, -0.1) is 6.58 Å². The molecule has 0 aliphatic heterocycles. The quantitative estimate of drug-likeness (QED) is 0.448. The van der Waals surface area contributed by atoms with E-state index in [0.717, 1.165) is 37.6 Å². The molecule has 4 fully saturated rings. The van der Waals surface area contributed by atoms with Crippen molar-refractivity contribution >= 4 is 5.91 Å². The molecule has 0 spiro atoms. The van der Waals surface area contributed by atoms with Gasteiger partial charge < -0.3 is 5.32 Å². The summed E-state index contributed by atoms with van der Waals surface area (Å²) >= 11 is 0. The van der Waals surface area contributed by atoms with Crippen LogP contribution in [0.25, 0.3) is 0 Å². The summed E-state index contributed by atoms with van der Waals surface area (Å²) < 4.78 is 0. The molecule has 2 nitrogen and oxygen atoms in total. The van der Waals surface area contributed by atoms with Crippen molar-refractivity contribution in [1.82, 2.24) is 5.32 Å². The summed E-state index contributed by atoms with van der Waals surface area (Å²) in [5.41, 5.74) is 1.26. The highest BCUT2D eigenvalue weighted by molar-refractivity contribution is 5.83. The van der Waals surface area contributed by atoms with Gasteiger partial charge in [-0.25, -0.2) is 0 Å². The van der Waals surface area contributed by atoms with Gasteiger partial charge in [-0.3, -0.25) is 4.79 Å². The van der Waals surface area contributed by atoms with Gasteiger partial charge in [0.05, 0.1) is 5.41 Å². The van der Waals surface area contributed by atoms with Gasteiger partial charge in [0.1, 0.15) is 0 Å². The number of fused-ring (bicyclic) bond motifs is 5. The molecule has 8 atom stereocenters. The Bertz CT molecular complexity index is 761. The number of hydrogen-bond acceptors (Lipinski definition) is 1. The minimum absolute atomic E-state index is 0.152. The van der Waals surface area contributed by atoms with Crippen LogP contribution in [0, 0.1) is 56.7 Å². The fraction of sp³-hybridized carbons (Fsp3) is 0.900. The van der Waals surface area contributed by atoms with E-state index < -0.39 is 0 Å². The molecule has 0 radical (unpaired) electrons. The van der Waals surface area contributed by atoms with E-state index in [9.17, 15) is 4.79 Å². The van der Waals surface area contributed by atoms with E-state index in [2.05, 4.69) is 73.4 Å². The third-order valence-corrected chi connectivity index (χ3v) is 12.1. The normalized spacial score (nSPS) is 47.7. The van der Waals surface area contributed by atoms with E-state index in [1.54, 1.807) is 0 Å². The number of carbonyl (C=O) groups is 1. The predicted octanol–water partition coefficient (Wildman–Crippen LogP) is 7.64. The molecule has 2 heteroatoms. The number of nitrogens with one attached hydrogen (secondary N) is 1. The van der Waals surface area contributed by atoms with Crippen molar-refractivity contribution in [2.75, 3.05) is 6.54 Å². The second-order valence-corrected chi connectivity index (χ2v) is 14.3. The van der Waals surface area contributed by atoms with Crippen LogP contribution >= 0.6 is 0 Å². The molecule has 1 amide bonds. The van der Waals surface area contributed by atoms with Gasteiger partial charge in [0, 0.05) is 6.54 Å². The Kier molecular flexibility index (Phi) is 5.79. The second kappa shape index (κ2) is 7.61. The Morgan fingerprint density at radius 1 is 0.969 bits per heavy atom. The maximum Gasteiger partial charge on any atom is 0.226 e. The molecular weight excluding hydrogens is 390 g/mol. The van der Waals surface area contributed by atoms with Crippen LogP contribution in [-0.2, 0) is 4.79 Å². The zero-order valence-electron chi connectivity index (χ0n) is 22.4. The van der Waals surface area contributed by atoms with Crippen LogP contribution in [0.15, 0.2) is 12.7 Å². The summed E-state index contributed by atoms with van der Waals surface area (Å²) in [6.07, 6.45) is 12.1. The first-order valence-corrected chi connectivity index (χ1v) is 13.7. The molecule has 4 aliphatic carbocycles. The summed E-state index contributed by atoms with van der Waals surface area (Å²) in [5, 5.41) is 3.26. The van der Waals surface area contributed by atoms with Crippen LogP contribution in [0.1, 0.15) is 107 Å². The molecule has 182 valence electrons. The summed E-state index contributed by atoms with van der Waals surface area (Å²) in [5.74, 6) is 3.52. The Balaban J connectivity index is 1.75. The molecule has 4 rings (SSSR count). The van der Waals surface area contributed by atoms with Crippen molar-refractivity contribution in [1.29, 1.82) is 0 Å². The number of hydrogen-bond donors (Lipinski definition) is 1. The lowest BCUT2D eigenvalue weighted by Crippen LogP contribution is -2.65. The molecular formula is C30H51NO. The fourth-order valence-electron chi connectivity index (χ4n) is 10.7. The Labute approximate surface area is 198 Å². The third kappa shape index (κ3) is 3.06. The number of carbonyl (C=O) groups excluding carboxylic acids is 1. The summed E-state index contributed by atoms with van der Waals surface area (Å²) in [4.78, 5) is 13.5. The van der Waals surface area contributed by atoms with E-state index >= 15 is 0 Å². The monoisotopic (exact) mass is 441 g/mol. The minimum Gasteiger partial charge on any atom is -0.356 e. The number of allylic oxidation sites excluding steroid dienone is 1. The largest absolute Gasteiger partial charge is 0.356 e. The third-order valence-electron chi connectivity index (χ3n) is 12.1. The molecule has 4 aliphatic rings. The van der Waals surface area contributed by atoms with Gasteiger partial charge >= 0.3 is 0 Å². The number of amides is 1. The molecule has 0 aromatic heterocycles. The minimum atomic E-state index is -0.152. The molecule has 0 heterocycles. The lowest BCUT2D eigenvalue weighted by molar-refractivity contribution is -0.222. The van der Waals surface area contributed by atoms with Crippen LogP contribution < -0.4 is 5.32 Å². The first kappa shape index (κ1) is 24.3. The molecule has 0 aromatic carbocycles. The van der Waals surface area contributed by atoms with Gasteiger partial charge in [0.2, 0.25) is 5.91 Å². The van der Waals surface area contributed by atoms with E-state index in [1.807, 2.05) is 0 Å². The molecule has 1 N–H and O–H groups in total. The molecule has 32 heavy (non-hydrogen) atoms. The lowest BCUT2D eigenvalue weighted by atomic mass is 9.34. The highest BCUT2D eigenvalue weighted by atomic mass is 16.2. The Morgan fingerprint density at radius 3 is 2.25 bits per heavy atom. The van der Waals surface area contributed by atoms with Crippen LogP contribution in [0.2, 0.25) is 0 Å². The lowest BCUT2D eigenvalue weighted by Gasteiger charge is -2.71. The van der Waals surface area contributed by atoms with Crippen molar-refractivity contribution < 1.29 is 4.79 Å². The van der Waals surface area contributed by atoms with Gasteiger partial charge in [0.25, 0.3) is 0 Å². The number of rotatable bonds is 3. The van der Waals surface area contributed by atoms with Crippen LogP contribution in [0.4, 0.5) is 0 Å². The van der Waals surface area contributed by atoms with Crippen molar-refractivity contribution in [3.63, 3.8) is 0 Å². The molecule has 8 unspecified atom stereocenters. The highest BCUT2D eigenvalue weighted by Gasteiger charge is 2.70. The van der Waals surface area contributed by atoms with E-state index in [0.29, 0.717) is 45.3 Å². The fourth-order valence-corrected chi connectivity index (χ4v) is 10.7. The maximum atomic E-state index is 13.5. The van der Waals surface area contributed by atoms with E-state index in [-0.39, 0.29) is 5.41 Å². The first-order valence-electron chi connectivity index (χ1n) is 13.7. The van der Waals surface area contributed by atoms with Crippen molar-refractivity contribution in [2.24, 2.45) is 56.7 Å². The van der Waals surface area contributed by atoms with Gasteiger partial charge in [0.15, 0.2) is 0 Å². The van der Waals surface area contributed by atoms with Gasteiger partial charge in [-0.05, 0) is 110 Å². The average molecular weight is 442 g/mol. The van der Waals surface area contributed by atoms with Crippen LogP contribution in [0.3, 0.4) is 0 Å². The Hall–Kier alpha value is -0.790. The predicted molar refractivity (Wildman–Crippen MR) is 135 cm³/mol. The zero-order chi connectivity index (χ0) is 23.7. The zero-order valence-corrected chi connectivity index (χ0v) is 22.4. The van der Waals surface area contributed by atoms with Crippen LogP contribution in [0.5, 0.6) is 0 Å². The Morgan fingerprint density at radius 2 is 1.66 bits per heavy atom. The highest BCUT2D eigenvalue weighted by Crippen LogP contribution is 2.75. The topological polar surface area (TPSA) is 29.1 Å². The standard InChI is InChI=1S/C30H51NO/c1-10-20-14-17-30(25(32)31-11-2)19-18-28(8)21(24(20)30)12-13-23-27(6,7)22(26(3,4)5)15-16-29(23,28)9/h10,20-24H,1,11-19H2,2-9H3,(H,31,32). The molecule has 4 saturated carbocycles.